The van der Waals surface area contributed by atoms with Gasteiger partial charge in [0.25, 0.3) is 0 Å². The third-order valence-corrected chi connectivity index (χ3v) is 5.44. The lowest BCUT2D eigenvalue weighted by atomic mass is 10.0. The molecule has 0 saturated heterocycles. The minimum Gasteiger partial charge on any atom is -0.294 e. The number of fused-ring (bicyclic) bond motifs is 2. The van der Waals surface area contributed by atoms with E-state index >= 15 is 0 Å². The van der Waals surface area contributed by atoms with Crippen LogP contribution in [0.4, 0.5) is 0 Å². The summed E-state index contributed by atoms with van der Waals surface area (Å²) >= 11 is 2.02. The van der Waals surface area contributed by atoms with E-state index in [9.17, 15) is 0 Å². The van der Waals surface area contributed by atoms with E-state index in [-0.39, 0.29) is 0 Å². The molecule has 0 saturated carbocycles. The maximum absolute atomic E-state index is 2.60. The zero-order valence-electron chi connectivity index (χ0n) is 10.9. The summed E-state index contributed by atoms with van der Waals surface area (Å²) in [5.41, 5.74) is 4.59. The first-order valence-corrected chi connectivity index (χ1v) is 7.89. The van der Waals surface area contributed by atoms with Crippen molar-refractivity contribution < 1.29 is 0 Å². The highest BCUT2D eigenvalue weighted by Crippen LogP contribution is 2.40. The van der Waals surface area contributed by atoms with Gasteiger partial charge in [0.15, 0.2) is 0 Å². The van der Waals surface area contributed by atoms with Crippen LogP contribution in [0.15, 0.2) is 53.4 Å². The Kier molecular flexibility index (Phi) is 2.86. The average Bonchev–Trinajstić information content (AvgIpc) is 3.03. The molecular formula is C17H17NS. The Morgan fingerprint density at radius 2 is 1.63 bits per heavy atom. The molecule has 0 fully saturated rings. The first kappa shape index (κ1) is 11.6. The molecule has 4 rings (SSSR count). The van der Waals surface area contributed by atoms with Crippen molar-refractivity contribution in [2.75, 3.05) is 12.3 Å². The molecule has 2 aromatic carbocycles. The second kappa shape index (κ2) is 4.69. The van der Waals surface area contributed by atoms with Crippen LogP contribution in [-0.2, 0) is 13.1 Å². The molecule has 2 aliphatic rings. The molecule has 1 nitrogen and oxygen atoms in total. The summed E-state index contributed by atoms with van der Waals surface area (Å²) in [6, 6.07) is 17.8. The van der Waals surface area contributed by atoms with Crippen LogP contribution in [0.5, 0.6) is 0 Å². The molecule has 0 N–H and O–H groups in total. The monoisotopic (exact) mass is 267 g/mol. The summed E-state index contributed by atoms with van der Waals surface area (Å²) in [4.78, 5) is 4.09. The van der Waals surface area contributed by atoms with Crippen LogP contribution >= 0.6 is 11.8 Å². The number of nitrogens with zero attached hydrogens (tertiary/aromatic N) is 1. The fourth-order valence-corrected chi connectivity index (χ4v) is 4.47. The van der Waals surface area contributed by atoms with Gasteiger partial charge in [-0.15, -0.1) is 11.8 Å². The predicted octanol–water partition coefficient (Wildman–Crippen LogP) is 3.89. The Labute approximate surface area is 118 Å². The molecule has 2 aliphatic heterocycles. The standard InChI is InChI=1S/C17H17NS/c1-2-6-14-10-18(9-13(14)5-1)11-15-12-19-17-8-4-3-7-16(15)17/h1-8,15H,9-12H2. The molecule has 19 heavy (non-hydrogen) atoms. The minimum absolute atomic E-state index is 0.704. The molecular weight excluding hydrogens is 250 g/mol. The van der Waals surface area contributed by atoms with E-state index < -0.39 is 0 Å². The van der Waals surface area contributed by atoms with Crippen molar-refractivity contribution in [1.29, 1.82) is 0 Å². The lowest BCUT2D eigenvalue weighted by molar-refractivity contribution is 0.271. The quantitative estimate of drug-likeness (QED) is 0.812. The van der Waals surface area contributed by atoms with E-state index in [1.165, 1.54) is 28.3 Å². The highest BCUT2D eigenvalue weighted by Gasteiger charge is 2.27. The maximum atomic E-state index is 2.60. The highest BCUT2D eigenvalue weighted by molar-refractivity contribution is 7.99. The largest absolute Gasteiger partial charge is 0.294 e. The maximum Gasteiger partial charge on any atom is 0.0240 e. The second-order valence-electron chi connectivity index (χ2n) is 5.48. The van der Waals surface area contributed by atoms with Gasteiger partial charge in [-0.05, 0) is 22.8 Å². The van der Waals surface area contributed by atoms with Crippen LogP contribution in [0.2, 0.25) is 0 Å². The molecule has 0 aromatic heterocycles. The first-order chi connectivity index (χ1) is 9.40. The zero-order chi connectivity index (χ0) is 12.7. The van der Waals surface area contributed by atoms with Gasteiger partial charge in [-0.25, -0.2) is 0 Å². The lowest BCUT2D eigenvalue weighted by Gasteiger charge is -2.20. The molecule has 2 heteroatoms. The SMILES string of the molecule is c1ccc2c(c1)CN(CC1CSc3ccccc31)C2. The van der Waals surface area contributed by atoms with E-state index in [1.807, 2.05) is 11.8 Å². The van der Waals surface area contributed by atoms with Gasteiger partial charge in [0.05, 0.1) is 0 Å². The summed E-state index contributed by atoms with van der Waals surface area (Å²) in [6.45, 7) is 3.44. The molecule has 1 unspecified atom stereocenters. The van der Waals surface area contributed by atoms with Gasteiger partial charge in [-0.2, -0.15) is 0 Å². The van der Waals surface area contributed by atoms with Crippen molar-refractivity contribution in [3.63, 3.8) is 0 Å². The fraction of sp³-hybridized carbons (Fsp3) is 0.294. The van der Waals surface area contributed by atoms with Gasteiger partial charge in [0.2, 0.25) is 0 Å². The Morgan fingerprint density at radius 3 is 2.42 bits per heavy atom. The Balaban J connectivity index is 1.50. The van der Waals surface area contributed by atoms with Gasteiger partial charge in [0.1, 0.15) is 0 Å². The molecule has 2 aromatic rings. The van der Waals surface area contributed by atoms with Crippen LogP contribution in [-0.4, -0.2) is 17.2 Å². The summed E-state index contributed by atoms with van der Waals surface area (Å²) in [5.74, 6) is 1.95. The van der Waals surface area contributed by atoms with E-state index in [2.05, 4.69) is 53.4 Å². The van der Waals surface area contributed by atoms with Crippen LogP contribution in [0.25, 0.3) is 0 Å². The summed E-state index contributed by atoms with van der Waals surface area (Å²) in [5, 5.41) is 0. The Morgan fingerprint density at radius 1 is 0.947 bits per heavy atom. The number of benzene rings is 2. The molecule has 0 amide bonds. The molecule has 0 spiro atoms. The van der Waals surface area contributed by atoms with Crippen LogP contribution < -0.4 is 0 Å². The molecule has 1 atom stereocenters. The van der Waals surface area contributed by atoms with Gasteiger partial charge in [-0.1, -0.05) is 42.5 Å². The number of hydrogen-bond donors (Lipinski definition) is 0. The number of thioether (sulfide) groups is 1. The van der Waals surface area contributed by atoms with Gasteiger partial charge >= 0.3 is 0 Å². The zero-order valence-corrected chi connectivity index (χ0v) is 11.7. The molecule has 0 aliphatic carbocycles. The summed E-state index contributed by atoms with van der Waals surface area (Å²) < 4.78 is 0. The Hall–Kier alpha value is -1.25. The van der Waals surface area contributed by atoms with Gasteiger partial charge in [0, 0.05) is 36.2 Å². The van der Waals surface area contributed by atoms with E-state index in [4.69, 9.17) is 0 Å². The van der Waals surface area contributed by atoms with Crippen molar-refractivity contribution in [2.45, 2.75) is 23.9 Å². The molecule has 0 radical (unpaired) electrons. The predicted molar refractivity (Wildman–Crippen MR) is 80.5 cm³/mol. The fourth-order valence-electron chi connectivity index (χ4n) is 3.22. The molecule has 0 bridgehead atoms. The normalized spacial score (nSPS) is 21.4. The molecule has 96 valence electrons. The third-order valence-electron chi connectivity index (χ3n) is 4.18. The van der Waals surface area contributed by atoms with Crippen LogP contribution in [0.1, 0.15) is 22.6 Å². The van der Waals surface area contributed by atoms with Crippen molar-refractivity contribution in [3.05, 3.63) is 65.2 Å². The average molecular weight is 267 g/mol. The Bertz CT molecular complexity index is 583. The highest BCUT2D eigenvalue weighted by atomic mass is 32.2. The van der Waals surface area contributed by atoms with Crippen molar-refractivity contribution in [1.82, 2.24) is 4.90 Å². The van der Waals surface area contributed by atoms with Crippen LogP contribution in [0, 0.1) is 0 Å². The summed E-state index contributed by atoms with van der Waals surface area (Å²) in [6.07, 6.45) is 0. The number of rotatable bonds is 2. The van der Waals surface area contributed by atoms with E-state index in [1.54, 1.807) is 5.56 Å². The first-order valence-electron chi connectivity index (χ1n) is 6.91. The minimum atomic E-state index is 0.704. The van der Waals surface area contributed by atoms with Crippen molar-refractivity contribution in [3.8, 4) is 0 Å². The smallest absolute Gasteiger partial charge is 0.0240 e. The van der Waals surface area contributed by atoms with Gasteiger partial charge in [-0.3, -0.25) is 4.90 Å². The lowest BCUT2D eigenvalue weighted by Crippen LogP contribution is -2.23. The summed E-state index contributed by atoms with van der Waals surface area (Å²) in [7, 11) is 0. The van der Waals surface area contributed by atoms with Crippen molar-refractivity contribution >= 4 is 11.8 Å². The third kappa shape index (κ3) is 2.09. The number of hydrogen-bond acceptors (Lipinski definition) is 2. The van der Waals surface area contributed by atoms with Gasteiger partial charge < -0.3 is 0 Å². The van der Waals surface area contributed by atoms with E-state index in [0.717, 1.165) is 13.1 Å². The second-order valence-corrected chi connectivity index (χ2v) is 6.55. The molecule has 2 heterocycles. The van der Waals surface area contributed by atoms with Crippen LogP contribution in [0.3, 0.4) is 0 Å². The van der Waals surface area contributed by atoms with E-state index in [0.29, 0.717) is 5.92 Å². The van der Waals surface area contributed by atoms with Crippen molar-refractivity contribution in [2.24, 2.45) is 0 Å². The topological polar surface area (TPSA) is 3.24 Å².